The molecule has 0 aliphatic heterocycles. The molecular weight excluding hydrogens is 276 g/mol. The Bertz CT molecular complexity index is 759. The number of hydrogen-bond acceptors (Lipinski definition) is 4. The van der Waals surface area contributed by atoms with E-state index < -0.39 is 17.7 Å². The summed E-state index contributed by atoms with van der Waals surface area (Å²) in [5.41, 5.74) is 7.17. The van der Waals surface area contributed by atoms with Gasteiger partial charge < -0.3 is 10.3 Å². The Morgan fingerprint density at radius 2 is 1.76 bits per heavy atom. The van der Waals surface area contributed by atoms with Crippen LogP contribution in [0.5, 0.6) is 0 Å². The predicted molar refractivity (Wildman–Crippen MR) is 72.1 cm³/mol. The van der Waals surface area contributed by atoms with Gasteiger partial charge in [0.05, 0.1) is 0 Å². The molecule has 0 aliphatic carbocycles. The smallest absolute Gasteiger partial charge is 0.248 e. The third kappa shape index (κ3) is 2.66. The summed E-state index contributed by atoms with van der Waals surface area (Å²) in [6.07, 6.45) is 0. The van der Waals surface area contributed by atoms with Gasteiger partial charge in [-0.3, -0.25) is 0 Å². The molecule has 1 heterocycles. The summed E-state index contributed by atoms with van der Waals surface area (Å²) in [6, 6.07) is 12.1. The van der Waals surface area contributed by atoms with Crippen molar-refractivity contribution in [3.63, 3.8) is 0 Å². The fourth-order valence-corrected chi connectivity index (χ4v) is 1.92. The van der Waals surface area contributed by atoms with E-state index in [9.17, 15) is 8.78 Å². The summed E-state index contributed by atoms with van der Waals surface area (Å²) >= 11 is 0. The van der Waals surface area contributed by atoms with Crippen LogP contribution < -0.4 is 5.73 Å². The summed E-state index contributed by atoms with van der Waals surface area (Å²) in [5.74, 6) is -1.52. The van der Waals surface area contributed by atoms with Gasteiger partial charge in [-0.15, -0.1) is 0 Å². The fraction of sp³-hybridized carbons (Fsp3) is 0.0667. The van der Waals surface area contributed by atoms with E-state index in [1.54, 1.807) is 0 Å². The van der Waals surface area contributed by atoms with Crippen LogP contribution >= 0.6 is 0 Å². The molecule has 0 bridgehead atoms. The molecule has 0 radical (unpaired) electrons. The van der Waals surface area contributed by atoms with Gasteiger partial charge in [0.2, 0.25) is 11.7 Å². The second-order valence-electron chi connectivity index (χ2n) is 4.47. The SMILES string of the molecule is N[C@H](c1ccccc1)c1nc(-c2ccc(F)c(F)c2)no1. The number of halogens is 2. The maximum absolute atomic E-state index is 13.2. The molecule has 0 saturated carbocycles. The van der Waals surface area contributed by atoms with E-state index in [1.165, 1.54) is 6.07 Å². The standard InChI is InChI=1S/C15H11F2N3O/c16-11-7-6-10(8-12(11)17)14-19-15(21-20-14)13(18)9-4-2-1-3-5-9/h1-8,13H,18H2/t13-/m1/s1. The van der Waals surface area contributed by atoms with E-state index in [1.807, 2.05) is 30.3 Å². The Morgan fingerprint density at radius 1 is 1.00 bits per heavy atom. The first-order valence-corrected chi connectivity index (χ1v) is 6.24. The van der Waals surface area contributed by atoms with Gasteiger partial charge in [-0.2, -0.15) is 4.98 Å². The maximum Gasteiger partial charge on any atom is 0.248 e. The average Bonchev–Trinajstić information content (AvgIpc) is 3.00. The molecule has 2 N–H and O–H groups in total. The number of aromatic nitrogens is 2. The van der Waals surface area contributed by atoms with E-state index in [0.717, 1.165) is 17.7 Å². The summed E-state index contributed by atoms with van der Waals surface area (Å²) in [4.78, 5) is 4.14. The van der Waals surface area contributed by atoms with Gasteiger partial charge in [0.15, 0.2) is 11.6 Å². The normalized spacial score (nSPS) is 12.3. The molecule has 0 amide bonds. The number of nitrogens with two attached hydrogens (primary N) is 1. The molecule has 4 nitrogen and oxygen atoms in total. The zero-order chi connectivity index (χ0) is 14.8. The topological polar surface area (TPSA) is 64.9 Å². The summed E-state index contributed by atoms with van der Waals surface area (Å²) in [7, 11) is 0. The van der Waals surface area contributed by atoms with E-state index in [4.69, 9.17) is 10.3 Å². The van der Waals surface area contributed by atoms with Crippen LogP contribution in [0, 0.1) is 11.6 Å². The maximum atomic E-state index is 13.2. The number of nitrogens with zero attached hydrogens (tertiary/aromatic N) is 2. The first-order chi connectivity index (χ1) is 10.1. The third-order valence-electron chi connectivity index (χ3n) is 3.04. The molecule has 3 rings (SSSR count). The molecule has 106 valence electrons. The van der Waals surface area contributed by atoms with Crippen molar-refractivity contribution in [3.8, 4) is 11.4 Å². The summed E-state index contributed by atoms with van der Waals surface area (Å²) in [5, 5.41) is 3.75. The molecule has 21 heavy (non-hydrogen) atoms. The second-order valence-corrected chi connectivity index (χ2v) is 4.47. The van der Waals surface area contributed by atoms with E-state index in [-0.39, 0.29) is 11.7 Å². The minimum Gasteiger partial charge on any atom is -0.337 e. The van der Waals surface area contributed by atoms with E-state index in [2.05, 4.69) is 10.1 Å². The average molecular weight is 287 g/mol. The van der Waals surface area contributed by atoms with Crippen LogP contribution in [0.4, 0.5) is 8.78 Å². The van der Waals surface area contributed by atoms with Crippen molar-refractivity contribution in [1.82, 2.24) is 10.1 Å². The minimum absolute atomic E-state index is 0.162. The monoisotopic (exact) mass is 287 g/mol. The number of rotatable bonds is 3. The second kappa shape index (κ2) is 5.41. The molecule has 1 atom stereocenters. The van der Waals surface area contributed by atoms with Crippen molar-refractivity contribution in [2.24, 2.45) is 5.73 Å². The molecule has 0 unspecified atom stereocenters. The van der Waals surface area contributed by atoms with Gasteiger partial charge in [-0.05, 0) is 23.8 Å². The van der Waals surface area contributed by atoms with Crippen molar-refractivity contribution in [2.75, 3.05) is 0 Å². The van der Waals surface area contributed by atoms with Gasteiger partial charge in [0.1, 0.15) is 6.04 Å². The highest BCUT2D eigenvalue weighted by molar-refractivity contribution is 5.54. The lowest BCUT2D eigenvalue weighted by molar-refractivity contribution is 0.367. The van der Waals surface area contributed by atoms with Gasteiger partial charge in [-0.25, -0.2) is 8.78 Å². The number of benzene rings is 2. The van der Waals surface area contributed by atoms with Crippen LogP contribution in [0.2, 0.25) is 0 Å². The fourth-order valence-electron chi connectivity index (χ4n) is 1.92. The molecule has 0 spiro atoms. The van der Waals surface area contributed by atoms with Crippen molar-refractivity contribution in [3.05, 3.63) is 71.6 Å². The lowest BCUT2D eigenvalue weighted by Crippen LogP contribution is -2.11. The minimum atomic E-state index is -0.966. The van der Waals surface area contributed by atoms with Crippen LogP contribution in [-0.2, 0) is 0 Å². The predicted octanol–water partition coefficient (Wildman–Crippen LogP) is 3.06. The van der Waals surface area contributed by atoms with E-state index >= 15 is 0 Å². The van der Waals surface area contributed by atoms with Crippen LogP contribution in [0.15, 0.2) is 53.1 Å². The largest absolute Gasteiger partial charge is 0.337 e. The van der Waals surface area contributed by atoms with Crippen molar-refractivity contribution in [2.45, 2.75) is 6.04 Å². The van der Waals surface area contributed by atoms with Gasteiger partial charge in [0.25, 0.3) is 0 Å². The molecule has 3 aromatic rings. The Labute approximate surface area is 119 Å². The lowest BCUT2D eigenvalue weighted by Gasteiger charge is -2.05. The Morgan fingerprint density at radius 3 is 2.48 bits per heavy atom. The van der Waals surface area contributed by atoms with Gasteiger partial charge in [-0.1, -0.05) is 35.5 Å². The van der Waals surface area contributed by atoms with Crippen LogP contribution in [0.3, 0.4) is 0 Å². The molecule has 1 aromatic heterocycles. The Kier molecular flexibility index (Phi) is 3.45. The summed E-state index contributed by atoms with van der Waals surface area (Å²) < 4.78 is 31.2. The molecular formula is C15H11F2N3O. The zero-order valence-electron chi connectivity index (χ0n) is 10.8. The highest BCUT2D eigenvalue weighted by Crippen LogP contribution is 2.22. The van der Waals surface area contributed by atoms with Crippen LogP contribution in [0.1, 0.15) is 17.5 Å². The van der Waals surface area contributed by atoms with Crippen molar-refractivity contribution >= 4 is 0 Å². The highest BCUT2D eigenvalue weighted by atomic mass is 19.2. The summed E-state index contributed by atoms with van der Waals surface area (Å²) in [6.45, 7) is 0. The number of hydrogen-bond donors (Lipinski definition) is 1. The van der Waals surface area contributed by atoms with Crippen LogP contribution in [0.25, 0.3) is 11.4 Å². The van der Waals surface area contributed by atoms with Crippen LogP contribution in [-0.4, -0.2) is 10.1 Å². The first kappa shape index (κ1) is 13.4. The Balaban J connectivity index is 1.91. The molecule has 2 aromatic carbocycles. The molecule has 0 aliphatic rings. The van der Waals surface area contributed by atoms with Gasteiger partial charge in [0, 0.05) is 5.56 Å². The quantitative estimate of drug-likeness (QED) is 0.804. The molecule has 0 saturated heterocycles. The lowest BCUT2D eigenvalue weighted by atomic mass is 10.1. The highest BCUT2D eigenvalue weighted by Gasteiger charge is 2.18. The molecule has 0 fully saturated rings. The van der Waals surface area contributed by atoms with E-state index in [0.29, 0.717) is 5.56 Å². The third-order valence-corrected chi connectivity index (χ3v) is 3.04. The zero-order valence-corrected chi connectivity index (χ0v) is 10.8. The first-order valence-electron chi connectivity index (χ1n) is 6.24. The van der Waals surface area contributed by atoms with Gasteiger partial charge >= 0.3 is 0 Å². The van der Waals surface area contributed by atoms with Crippen molar-refractivity contribution < 1.29 is 13.3 Å². The Hall–Kier alpha value is -2.60. The van der Waals surface area contributed by atoms with Crippen molar-refractivity contribution in [1.29, 1.82) is 0 Å². The molecule has 6 heteroatoms.